The van der Waals surface area contributed by atoms with Crippen LogP contribution in [0.3, 0.4) is 0 Å². The van der Waals surface area contributed by atoms with Crippen LogP contribution in [0, 0.1) is 0 Å². The molecule has 0 saturated carbocycles. The van der Waals surface area contributed by atoms with E-state index >= 15 is 0 Å². The summed E-state index contributed by atoms with van der Waals surface area (Å²) in [6.45, 7) is 0. The number of aromatic amines is 2. The molecule has 0 fully saturated rings. The third-order valence-corrected chi connectivity index (χ3v) is 5.58. The average molecular weight is 421 g/mol. The van der Waals surface area contributed by atoms with Gasteiger partial charge >= 0.3 is 0 Å². The van der Waals surface area contributed by atoms with E-state index in [1.165, 1.54) is 0 Å². The first-order valence-corrected chi connectivity index (χ1v) is 10.1. The van der Waals surface area contributed by atoms with Gasteiger partial charge in [0.25, 0.3) is 0 Å². The number of H-pyrrole nitrogens is 2. The molecule has 0 unspecified atom stereocenters. The molecule has 6 aromatic rings. The molecule has 8 heteroatoms. The minimum absolute atomic E-state index is 0.828. The van der Waals surface area contributed by atoms with Gasteiger partial charge in [0.1, 0.15) is 5.69 Å². The Labute approximate surface area is 183 Å². The number of nitrogens with zero attached hydrogens (tertiary/aromatic N) is 5. The van der Waals surface area contributed by atoms with E-state index < -0.39 is 0 Å². The highest BCUT2D eigenvalue weighted by Gasteiger charge is 2.16. The molecule has 0 aliphatic heterocycles. The molecular formula is C24H19N7O. The van der Waals surface area contributed by atoms with Gasteiger partial charge in [0.15, 0.2) is 0 Å². The zero-order valence-electron chi connectivity index (χ0n) is 17.5. The van der Waals surface area contributed by atoms with Crippen molar-refractivity contribution < 1.29 is 4.42 Å². The van der Waals surface area contributed by atoms with Crippen molar-refractivity contribution in [2.45, 2.75) is 0 Å². The number of hydrogen-bond donors (Lipinski definition) is 2. The molecule has 0 aliphatic rings. The van der Waals surface area contributed by atoms with Gasteiger partial charge in [-0.2, -0.15) is 5.10 Å². The minimum Gasteiger partial charge on any atom is -0.472 e. The van der Waals surface area contributed by atoms with Crippen LogP contribution >= 0.6 is 0 Å². The summed E-state index contributed by atoms with van der Waals surface area (Å²) in [4.78, 5) is 19.0. The lowest BCUT2D eigenvalue weighted by Gasteiger charge is -2.12. The van der Waals surface area contributed by atoms with Gasteiger partial charge < -0.3 is 14.3 Å². The number of pyridine rings is 3. The molecule has 0 radical (unpaired) electrons. The van der Waals surface area contributed by atoms with Gasteiger partial charge in [-0.05, 0) is 30.3 Å². The lowest BCUT2D eigenvalue weighted by atomic mass is 10.1. The first-order valence-electron chi connectivity index (χ1n) is 10.1. The molecule has 8 nitrogen and oxygen atoms in total. The quantitative estimate of drug-likeness (QED) is 0.420. The average Bonchev–Trinajstić information content (AvgIpc) is 3.57. The van der Waals surface area contributed by atoms with E-state index in [0.717, 1.165) is 61.4 Å². The summed E-state index contributed by atoms with van der Waals surface area (Å²) < 4.78 is 5.25. The molecule has 2 N–H and O–H groups in total. The SMILES string of the molecule is CN(C)c1cncc(-c2cc3c(-c4cc5c(-c6ccoc6)nccc5[nH]4)n[nH]c3cn2)c1. The smallest absolute Gasteiger partial charge is 0.116 e. The second-order valence-corrected chi connectivity index (χ2v) is 7.83. The van der Waals surface area contributed by atoms with Gasteiger partial charge in [-0.3, -0.25) is 20.1 Å². The number of fused-ring (bicyclic) bond motifs is 2. The fourth-order valence-corrected chi connectivity index (χ4v) is 3.90. The number of nitrogens with one attached hydrogen (secondary N) is 2. The molecule has 6 rings (SSSR count). The lowest BCUT2D eigenvalue weighted by molar-refractivity contribution is 0.568. The third-order valence-electron chi connectivity index (χ3n) is 5.58. The van der Waals surface area contributed by atoms with Gasteiger partial charge in [0.2, 0.25) is 0 Å². The first kappa shape index (κ1) is 18.3. The van der Waals surface area contributed by atoms with Crippen LogP contribution in [0.1, 0.15) is 0 Å². The molecule has 0 spiro atoms. The van der Waals surface area contributed by atoms with Crippen LogP contribution in [0.25, 0.3) is 55.7 Å². The highest BCUT2D eigenvalue weighted by atomic mass is 16.3. The monoisotopic (exact) mass is 421 g/mol. The summed E-state index contributed by atoms with van der Waals surface area (Å²) in [5.74, 6) is 0. The molecule has 156 valence electrons. The molecule has 0 saturated heterocycles. The highest BCUT2D eigenvalue weighted by molar-refractivity contribution is 6.00. The Morgan fingerprint density at radius 1 is 0.875 bits per heavy atom. The van der Waals surface area contributed by atoms with E-state index in [4.69, 9.17) is 4.42 Å². The number of anilines is 1. The molecule has 6 heterocycles. The normalized spacial score (nSPS) is 11.4. The van der Waals surface area contributed by atoms with Gasteiger partial charge in [0.05, 0.1) is 53.2 Å². The van der Waals surface area contributed by atoms with Crippen molar-refractivity contribution in [3.05, 3.63) is 67.6 Å². The molecule has 0 aromatic carbocycles. The predicted octanol–water partition coefficient (Wildman–Crippen LogP) is 4.89. The second-order valence-electron chi connectivity index (χ2n) is 7.83. The lowest BCUT2D eigenvalue weighted by Crippen LogP contribution is -2.08. The summed E-state index contributed by atoms with van der Waals surface area (Å²) >= 11 is 0. The van der Waals surface area contributed by atoms with Crippen molar-refractivity contribution in [2.75, 3.05) is 19.0 Å². The predicted molar refractivity (Wildman–Crippen MR) is 124 cm³/mol. The van der Waals surface area contributed by atoms with Crippen LogP contribution < -0.4 is 4.90 Å². The van der Waals surface area contributed by atoms with Crippen LogP contribution in [-0.2, 0) is 0 Å². The maximum Gasteiger partial charge on any atom is 0.116 e. The molecular weight excluding hydrogens is 402 g/mol. The Morgan fingerprint density at radius 3 is 2.62 bits per heavy atom. The number of rotatable bonds is 4. The Hall–Kier alpha value is -4.46. The standard InChI is InChI=1S/C24H19N7O/c1-31(2)16-7-15(10-25-11-16)20-8-18-22(12-27-20)29-30-24(18)21-9-17-19(28-21)3-5-26-23(17)14-4-6-32-13-14/h3-13,28H,1-2H3,(H,29,30). The van der Waals surface area contributed by atoms with Crippen LogP contribution in [0.2, 0.25) is 0 Å². The zero-order valence-corrected chi connectivity index (χ0v) is 17.5. The number of furan rings is 1. The highest BCUT2D eigenvalue weighted by Crippen LogP contribution is 2.34. The van der Waals surface area contributed by atoms with E-state index in [9.17, 15) is 0 Å². The molecule has 0 atom stereocenters. The van der Waals surface area contributed by atoms with E-state index in [0.29, 0.717) is 0 Å². The van der Waals surface area contributed by atoms with Crippen LogP contribution in [0.5, 0.6) is 0 Å². The zero-order chi connectivity index (χ0) is 21.7. The minimum atomic E-state index is 0.828. The summed E-state index contributed by atoms with van der Waals surface area (Å²) in [6.07, 6.45) is 10.6. The largest absolute Gasteiger partial charge is 0.472 e. The Balaban J connectivity index is 1.49. The van der Waals surface area contributed by atoms with Crippen molar-refractivity contribution >= 4 is 27.5 Å². The summed E-state index contributed by atoms with van der Waals surface area (Å²) in [5, 5.41) is 9.66. The molecule has 0 aliphatic carbocycles. The fourth-order valence-electron chi connectivity index (χ4n) is 3.90. The summed E-state index contributed by atoms with van der Waals surface area (Å²) in [6, 6.07) is 10.1. The first-order chi connectivity index (χ1) is 15.7. The van der Waals surface area contributed by atoms with E-state index in [1.54, 1.807) is 18.7 Å². The van der Waals surface area contributed by atoms with Crippen molar-refractivity contribution in [3.63, 3.8) is 0 Å². The van der Waals surface area contributed by atoms with E-state index in [2.05, 4.69) is 42.3 Å². The van der Waals surface area contributed by atoms with Gasteiger partial charge in [0, 0.05) is 53.9 Å². The Morgan fingerprint density at radius 2 is 1.78 bits per heavy atom. The van der Waals surface area contributed by atoms with Crippen molar-refractivity contribution in [2.24, 2.45) is 0 Å². The summed E-state index contributed by atoms with van der Waals surface area (Å²) in [7, 11) is 3.99. The molecule has 6 aromatic heterocycles. The van der Waals surface area contributed by atoms with Gasteiger partial charge in [-0.1, -0.05) is 0 Å². The third kappa shape index (κ3) is 2.92. The Bertz CT molecular complexity index is 1560. The fraction of sp³-hybridized carbons (Fsp3) is 0.0833. The second kappa shape index (κ2) is 7.05. The van der Waals surface area contributed by atoms with Crippen molar-refractivity contribution in [3.8, 4) is 33.9 Å². The Kier molecular flexibility index (Phi) is 4.04. The number of aromatic nitrogens is 6. The van der Waals surface area contributed by atoms with E-state index in [-0.39, 0.29) is 0 Å². The van der Waals surface area contributed by atoms with E-state index in [1.807, 2.05) is 55.8 Å². The van der Waals surface area contributed by atoms with Crippen molar-refractivity contribution in [1.82, 2.24) is 30.1 Å². The van der Waals surface area contributed by atoms with Gasteiger partial charge in [-0.25, -0.2) is 0 Å². The summed E-state index contributed by atoms with van der Waals surface area (Å²) in [5.41, 5.74) is 8.21. The van der Waals surface area contributed by atoms with Crippen LogP contribution in [-0.4, -0.2) is 44.2 Å². The maximum absolute atomic E-state index is 5.25. The van der Waals surface area contributed by atoms with Crippen LogP contribution in [0.4, 0.5) is 5.69 Å². The van der Waals surface area contributed by atoms with Gasteiger partial charge in [-0.15, -0.1) is 0 Å². The number of hydrogen-bond acceptors (Lipinski definition) is 6. The molecule has 0 amide bonds. The maximum atomic E-state index is 5.25. The topological polar surface area (TPSA) is 99.5 Å². The molecule has 0 bridgehead atoms. The van der Waals surface area contributed by atoms with Crippen LogP contribution in [0.15, 0.2) is 72.1 Å². The molecule has 32 heavy (non-hydrogen) atoms. The van der Waals surface area contributed by atoms with Crippen molar-refractivity contribution in [1.29, 1.82) is 0 Å².